The van der Waals surface area contributed by atoms with E-state index < -0.39 is 11.9 Å². The SMILES string of the molecule is COc1ccc(C(=N)N)c(-n2ccc(C(F)(F)F)n2)c1. The smallest absolute Gasteiger partial charge is 0.435 e. The summed E-state index contributed by atoms with van der Waals surface area (Å²) in [6, 6.07) is 5.37. The molecule has 1 aromatic carbocycles. The van der Waals surface area contributed by atoms with E-state index in [0.29, 0.717) is 5.75 Å². The molecule has 5 nitrogen and oxygen atoms in total. The molecule has 0 saturated heterocycles. The van der Waals surface area contributed by atoms with Crippen LogP contribution in [0.25, 0.3) is 5.69 Å². The van der Waals surface area contributed by atoms with Crippen LogP contribution < -0.4 is 10.5 Å². The van der Waals surface area contributed by atoms with Crippen molar-refractivity contribution in [1.82, 2.24) is 9.78 Å². The van der Waals surface area contributed by atoms with Gasteiger partial charge < -0.3 is 10.5 Å². The number of benzene rings is 1. The van der Waals surface area contributed by atoms with E-state index in [1.807, 2.05) is 0 Å². The van der Waals surface area contributed by atoms with E-state index in [1.165, 1.54) is 19.2 Å². The summed E-state index contributed by atoms with van der Waals surface area (Å²) >= 11 is 0. The van der Waals surface area contributed by atoms with Crippen LogP contribution >= 0.6 is 0 Å². The lowest BCUT2D eigenvalue weighted by molar-refractivity contribution is -0.141. The first-order valence-corrected chi connectivity index (χ1v) is 5.48. The van der Waals surface area contributed by atoms with Crippen LogP contribution in [0.5, 0.6) is 5.75 Å². The molecule has 0 unspecified atom stereocenters. The van der Waals surface area contributed by atoms with E-state index in [0.717, 1.165) is 16.9 Å². The van der Waals surface area contributed by atoms with Gasteiger partial charge in [-0.2, -0.15) is 18.3 Å². The Hall–Kier alpha value is -2.51. The number of methoxy groups -OCH3 is 1. The number of hydrogen-bond donors (Lipinski definition) is 2. The van der Waals surface area contributed by atoms with Gasteiger partial charge in [-0.25, -0.2) is 4.68 Å². The van der Waals surface area contributed by atoms with Crippen LogP contribution in [0.3, 0.4) is 0 Å². The van der Waals surface area contributed by atoms with Crippen LogP contribution in [0.15, 0.2) is 30.5 Å². The molecule has 1 heterocycles. The van der Waals surface area contributed by atoms with Gasteiger partial charge in [0.2, 0.25) is 0 Å². The Bertz CT molecular complexity index is 648. The summed E-state index contributed by atoms with van der Waals surface area (Å²) in [5.41, 5.74) is 4.91. The average molecular weight is 284 g/mol. The van der Waals surface area contributed by atoms with Crippen LogP contribution in [0.2, 0.25) is 0 Å². The van der Waals surface area contributed by atoms with Crippen molar-refractivity contribution < 1.29 is 17.9 Å². The number of amidine groups is 1. The van der Waals surface area contributed by atoms with E-state index in [1.54, 1.807) is 6.07 Å². The minimum absolute atomic E-state index is 0.243. The number of rotatable bonds is 3. The summed E-state index contributed by atoms with van der Waals surface area (Å²) in [5.74, 6) is 0.153. The molecule has 1 aromatic heterocycles. The minimum atomic E-state index is -4.53. The molecule has 0 fully saturated rings. The molecule has 2 rings (SSSR count). The fourth-order valence-corrected chi connectivity index (χ4v) is 1.67. The van der Waals surface area contributed by atoms with Gasteiger partial charge in [-0.05, 0) is 18.2 Å². The number of nitrogens with two attached hydrogens (primary N) is 1. The number of nitrogen functional groups attached to an aromatic ring is 1. The van der Waals surface area contributed by atoms with Gasteiger partial charge >= 0.3 is 6.18 Å². The lowest BCUT2D eigenvalue weighted by Crippen LogP contribution is -2.15. The Kier molecular flexibility index (Phi) is 3.39. The molecule has 0 spiro atoms. The van der Waals surface area contributed by atoms with Crippen molar-refractivity contribution in [2.45, 2.75) is 6.18 Å². The maximum absolute atomic E-state index is 12.6. The zero-order valence-electron chi connectivity index (χ0n) is 10.4. The minimum Gasteiger partial charge on any atom is -0.497 e. The molecule has 3 N–H and O–H groups in total. The Balaban J connectivity index is 2.55. The summed E-state index contributed by atoms with van der Waals surface area (Å²) in [4.78, 5) is 0. The Morgan fingerprint density at radius 2 is 2.05 bits per heavy atom. The van der Waals surface area contributed by atoms with Crippen LogP contribution in [0.4, 0.5) is 13.2 Å². The number of alkyl halides is 3. The van der Waals surface area contributed by atoms with Crippen LogP contribution in [-0.2, 0) is 6.18 Å². The van der Waals surface area contributed by atoms with Gasteiger partial charge in [0.05, 0.1) is 12.8 Å². The maximum Gasteiger partial charge on any atom is 0.435 e. The first-order valence-electron chi connectivity index (χ1n) is 5.48. The zero-order chi connectivity index (χ0) is 14.9. The number of hydrogen-bond acceptors (Lipinski definition) is 3. The van der Waals surface area contributed by atoms with Crippen LogP contribution in [0.1, 0.15) is 11.3 Å². The van der Waals surface area contributed by atoms with Gasteiger partial charge in [0.1, 0.15) is 11.6 Å². The van der Waals surface area contributed by atoms with Crippen molar-refractivity contribution >= 4 is 5.84 Å². The third-order valence-corrected chi connectivity index (χ3v) is 2.62. The second-order valence-electron chi connectivity index (χ2n) is 3.94. The fourth-order valence-electron chi connectivity index (χ4n) is 1.67. The first kappa shape index (κ1) is 13.9. The molecular formula is C12H11F3N4O. The van der Waals surface area contributed by atoms with Crippen molar-refractivity contribution in [2.75, 3.05) is 7.11 Å². The highest BCUT2D eigenvalue weighted by Crippen LogP contribution is 2.29. The second-order valence-corrected chi connectivity index (χ2v) is 3.94. The molecule has 0 radical (unpaired) electrons. The number of ether oxygens (including phenoxy) is 1. The van der Waals surface area contributed by atoms with Gasteiger partial charge in [0, 0.05) is 17.8 Å². The van der Waals surface area contributed by atoms with E-state index in [9.17, 15) is 13.2 Å². The van der Waals surface area contributed by atoms with Gasteiger partial charge in [-0.3, -0.25) is 5.41 Å². The molecule has 8 heteroatoms. The number of nitrogens with one attached hydrogen (secondary N) is 1. The monoisotopic (exact) mass is 284 g/mol. The molecule has 20 heavy (non-hydrogen) atoms. The number of nitrogens with zero attached hydrogens (tertiary/aromatic N) is 2. The third-order valence-electron chi connectivity index (χ3n) is 2.62. The molecular weight excluding hydrogens is 273 g/mol. The second kappa shape index (κ2) is 4.87. The number of halogens is 3. The summed E-state index contributed by atoms with van der Waals surface area (Å²) in [6.45, 7) is 0. The van der Waals surface area contributed by atoms with E-state index >= 15 is 0 Å². The summed E-state index contributed by atoms with van der Waals surface area (Å²) in [5, 5.41) is 10.9. The van der Waals surface area contributed by atoms with Gasteiger partial charge in [0.25, 0.3) is 0 Å². The van der Waals surface area contributed by atoms with Crippen molar-refractivity contribution in [2.24, 2.45) is 5.73 Å². The average Bonchev–Trinajstić information content (AvgIpc) is 2.87. The van der Waals surface area contributed by atoms with Crippen LogP contribution in [0, 0.1) is 5.41 Å². The highest BCUT2D eigenvalue weighted by Gasteiger charge is 2.33. The van der Waals surface area contributed by atoms with Crippen molar-refractivity contribution in [3.63, 3.8) is 0 Å². The van der Waals surface area contributed by atoms with Crippen molar-refractivity contribution in [3.05, 3.63) is 41.7 Å². The van der Waals surface area contributed by atoms with Gasteiger partial charge in [-0.1, -0.05) is 0 Å². The molecule has 0 aliphatic carbocycles. The van der Waals surface area contributed by atoms with Crippen LogP contribution in [-0.4, -0.2) is 22.7 Å². The lowest BCUT2D eigenvalue weighted by Gasteiger charge is -2.10. The molecule has 0 atom stereocenters. The summed E-state index contributed by atoms with van der Waals surface area (Å²) < 4.78 is 43.7. The largest absolute Gasteiger partial charge is 0.497 e. The molecule has 0 bridgehead atoms. The molecule has 0 aliphatic heterocycles. The molecule has 106 valence electrons. The predicted octanol–water partition coefficient (Wildman–Crippen LogP) is 2.18. The van der Waals surface area contributed by atoms with Crippen molar-refractivity contribution in [3.8, 4) is 11.4 Å². The summed E-state index contributed by atoms with van der Waals surface area (Å²) in [6.07, 6.45) is -3.37. The summed E-state index contributed by atoms with van der Waals surface area (Å²) in [7, 11) is 1.43. The molecule has 0 aliphatic rings. The highest BCUT2D eigenvalue weighted by atomic mass is 19.4. The normalized spacial score (nSPS) is 11.4. The van der Waals surface area contributed by atoms with E-state index in [-0.39, 0.29) is 17.1 Å². The maximum atomic E-state index is 12.6. The molecule has 0 amide bonds. The Labute approximate surface area is 112 Å². The number of aromatic nitrogens is 2. The van der Waals surface area contributed by atoms with Gasteiger partial charge in [-0.15, -0.1) is 0 Å². The highest BCUT2D eigenvalue weighted by molar-refractivity contribution is 5.98. The zero-order valence-corrected chi connectivity index (χ0v) is 10.4. The quantitative estimate of drug-likeness (QED) is 0.670. The molecule has 2 aromatic rings. The Morgan fingerprint density at radius 3 is 2.55 bits per heavy atom. The fraction of sp³-hybridized carbons (Fsp3) is 0.167. The van der Waals surface area contributed by atoms with Gasteiger partial charge in [0.15, 0.2) is 5.69 Å². The lowest BCUT2D eigenvalue weighted by atomic mass is 10.1. The molecule has 0 saturated carbocycles. The topological polar surface area (TPSA) is 76.9 Å². The standard InChI is InChI=1S/C12H11F3N4O/c1-20-7-2-3-8(11(16)17)9(6-7)19-5-4-10(18-19)12(13,14)15/h2-6H,1H3,(H3,16,17). The van der Waals surface area contributed by atoms with E-state index in [4.69, 9.17) is 15.9 Å². The van der Waals surface area contributed by atoms with Crippen molar-refractivity contribution in [1.29, 1.82) is 5.41 Å². The Morgan fingerprint density at radius 1 is 1.35 bits per heavy atom. The third kappa shape index (κ3) is 2.58. The first-order chi connectivity index (χ1) is 9.32. The van der Waals surface area contributed by atoms with E-state index in [2.05, 4.69) is 5.10 Å². The predicted molar refractivity (Wildman–Crippen MR) is 66.1 cm³/mol.